The molecule has 2 aromatic heterocycles. The molecule has 0 saturated heterocycles. The van der Waals surface area contributed by atoms with Gasteiger partial charge in [-0.3, -0.25) is 0 Å². The fraction of sp³-hybridized carbons (Fsp3) is 0. The quantitative estimate of drug-likeness (QED) is 0.544. The summed E-state index contributed by atoms with van der Waals surface area (Å²) < 4.78 is 0. The third kappa shape index (κ3) is 2.31. The van der Waals surface area contributed by atoms with Crippen LogP contribution in [0.25, 0.3) is 22.8 Å². The van der Waals surface area contributed by atoms with Crippen molar-refractivity contribution in [3.05, 3.63) is 77.5 Å². The van der Waals surface area contributed by atoms with Gasteiger partial charge in [0.05, 0.1) is 10.7 Å². The molecule has 4 rings (SSSR count). The summed E-state index contributed by atoms with van der Waals surface area (Å²) in [6, 6.07) is 22.1. The molecule has 2 heterocycles. The van der Waals surface area contributed by atoms with E-state index in [4.69, 9.17) is 0 Å². The van der Waals surface area contributed by atoms with Gasteiger partial charge in [0.2, 0.25) is 0 Å². The van der Waals surface area contributed by atoms with E-state index in [1.807, 2.05) is 81.7 Å². The van der Waals surface area contributed by atoms with Gasteiger partial charge >= 0.3 is 5.82 Å². The van der Waals surface area contributed by atoms with Crippen LogP contribution in [0.5, 0.6) is 0 Å². The van der Waals surface area contributed by atoms with Gasteiger partial charge in [0.25, 0.3) is 0 Å². The van der Waals surface area contributed by atoms with E-state index in [1.54, 1.807) is 11.3 Å². The van der Waals surface area contributed by atoms with E-state index in [1.165, 1.54) is 0 Å². The molecule has 0 spiro atoms. The smallest absolute Gasteiger partial charge is 0.152 e. The van der Waals surface area contributed by atoms with Gasteiger partial charge in [0.1, 0.15) is 5.69 Å². The molecule has 0 atom stereocenters. The summed E-state index contributed by atoms with van der Waals surface area (Å²) in [7, 11) is 0. The van der Waals surface area contributed by atoms with Crippen LogP contribution in [-0.4, -0.2) is 15.0 Å². The maximum atomic E-state index is 4.67. The summed E-state index contributed by atoms with van der Waals surface area (Å²) in [6.45, 7) is 0. The van der Waals surface area contributed by atoms with Crippen molar-refractivity contribution in [2.45, 2.75) is 0 Å². The number of para-hydroxylation sites is 2. The molecule has 0 amide bonds. The molecule has 0 unspecified atom stereocenters. The zero-order chi connectivity index (χ0) is 14.8. The number of benzene rings is 2. The van der Waals surface area contributed by atoms with Crippen LogP contribution >= 0.6 is 11.3 Å². The van der Waals surface area contributed by atoms with Crippen LogP contribution in [0.3, 0.4) is 0 Å². The normalized spacial score (nSPS) is 10.7. The summed E-state index contributed by atoms with van der Waals surface area (Å²) >= 11 is 1.64. The molecule has 0 radical (unpaired) electrons. The van der Waals surface area contributed by atoms with Gasteiger partial charge in [-0.25, -0.2) is 0 Å². The third-order valence-corrected chi connectivity index (χ3v) is 4.00. The lowest BCUT2D eigenvalue weighted by Crippen LogP contribution is -2.43. The van der Waals surface area contributed by atoms with Crippen molar-refractivity contribution in [3.8, 4) is 22.8 Å². The van der Waals surface area contributed by atoms with E-state index in [0.717, 1.165) is 16.9 Å². The van der Waals surface area contributed by atoms with Crippen molar-refractivity contribution in [2.24, 2.45) is 0 Å². The molecule has 0 bridgehead atoms. The second-order valence-electron chi connectivity index (χ2n) is 4.79. The van der Waals surface area contributed by atoms with E-state index in [-0.39, 0.29) is 0 Å². The Morgan fingerprint density at radius 1 is 0.864 bits per heavy atom. The number of tetrazole rings is 1. The van der Waals surface area contributed by atoms with Gasteiger partial charge in [-0.1, -0.05) is 36.4 Å². The molecule has 22 heavy (non-hydrogen) atoms. The minimum atomic E-state index is 0.717. The first-order chi connectivity index (χ1) is 10.9. The molecule has 0 N–H and O–H groups in total. The molecule has 4 aromatic rings. The first kappa shape index (κ1) is 12.9. The van der Waals surface area contributed by atoms with Crippen molar-refractivity contribution < 1.29 is 4.80 Å². The highest BCUT2D eigenvalue weighted by Crippen LogP contribution is 2.17. The first-order valence-corrected chi connectivity index (χ1v) is 7.89. The molecular weight excluding hydrogens is 292 g/mol. The molecule has 106 valence electrons. The Hall–Kier alpha value is -2.79. The van der Waals surface area contributed by atoms with Gasteiger partial charge in [0.15, 0.2) is 5.69 Å². The summed E-state index contributed by atoms with van der Waals surface area (Å²) in [5, 5.41) is 13.4. The van der Waals surface area contributed by atoms with Crippen LogP contribution in [0.2, 0.25) is 0 Å². The van der Waals surface area contributed by atoms with E-state index >= 15 is 0 Å². The summed E-state index contributed by atoms with van der Waals surface area (Å²) in [5.74, 6) is 0.717. The van der Waals surface area contributed by atoms with Crippen molar-refractivity contribution >= 4 is 11.3 Å². The van der Waals surface area contributed by atoms with Crippen molar-refractivity contribution in [3.63, 3.8) is 0 Å². The first-order valence-electron chi connectivity index (χ1n) is 6.95. The van der Waals surface area contributed by atoms with Gasteiger partial charge in [-0.2, -0.15) is 11.3 Å². The highest BCUT2D eigenvalue weighted by molar-refractivity contribution is 7.08. The van der Waals surface area contributed by atoms with Crippen molar-refractivity contribution in [2.75, 3.05) is 0 Å². The lowest BCUT2D eigenvalue weighted by molar-refractivity contribution is -0.734. The second kappa shape index (κ2) is 5.54. The number of hydrogen-bond acceptors (Lipinski definition) is 3. The van der Waals surface area contributed by atoms with Crippen LogP contribution in [0.4, 0.5) is 0 Å². The summed E-state index contributed by atoms with van der Waals surface area (Å²) in [5.41, 5.74) is 2.98. The minimum absolute atomic E-state index is 0.717. The van der Waals surface area contributed by atoms with Crippen molar-refractivity contribution in [1.29, 1.82) is 0 Å². The Morgan fingerprint density at radius 3 is 2.27 bits per heavy atom. The Labute approximate surface area is 131 Å². The van der Waals surface area contributed by atoms with Gasteiger partial charge in [-0.15, -0.1) is 0 Å². The Balaban J connectivity index is 1.92. The van der Waals surface area contributed by atoms with Crippen LogP contribution in [0.15, 0.2) is 77.5 Å². The van der Waals surface area contributed by atoms with Gasteiger partial charge < -0.3 is 0 Å². The van der Waals surface area contributed by atoms with Crippen molar-refractivity contribution in [1.82, 2.24) is 15.0 Å². The third-order valence-electron chi connectivity index (χ3n) is 3.31. The second-order valence-corrected chi connectivity index (χ2v) is 5.57. The monoisotopic (exact) mass is 305 g/mol. The topological polar surface area (TPSA) is 34.6 Å². The van der Waals surface area contributed by atoms with E-state index < -0.39 is 0 Å². The summed E-state index contributed by atoms with van der Waals surface area (Å²) in [4.78, 5) is 3.64. The average Bonchev–Trinajstić information content (AvgIpc) is 3.26. The Kier molecular flexibility index (Phi) is 3.25. The summed E-state index contributed by atoms with van der Waals surface area (Å²) in [6.07, 6.45) is 0. The number of nitrogens with zero attached hydrogens (tertiary/aromatic N) is 4. The molecule has 0 aliphatic heterocycles. The van der Waals surface area contributed by atoms with Crippen LogP contribution in [-0.2, 0) is 0 Å². The fourth-order valence-electron chi connectivity index (χ4n) is 2.25. The fourth-order valence-corrected chi connectivity index (χ4v) is 2.88. The minimum Gasteiger partial charge on any atom is -0.152 e. The maximum Gasteiger partial charge on any atom is 0.340 e. The van der Waals surface area contributed by atoms with E-state index in [9.17, 15) is 0 Å². The number of hydrogen-bond donors (Lipinski definition) is 0. The zero-order valence-electron chi connectivity index (χ0n) is 11.7. The average molecular weight is 305 g/mol. The van der Waals surface area contributed by atoms with E-state index in [2.05, 4.69) is 15.6 Å². The maximum absolute atomic E-state index is 4.67. The number of rotatable bonds is 3. The van der Waals surface area contributed by atoms with Crippen LogP contribution < -0.4 is 4.80 Å². The van der Waals surface area contributed by atoms with Gasteiger partial charge in [0, 0.05) is 10.2 Å². The van der Waals surface area contributed by atoms with Gasteiger partial charge in [-0.05, 0) is 45.6 Å². The van der Waals surface area contributed by atoms with Crippen LogP contribution in [0.1, 0.15) is 0 Å². The SMILES string of the molecule is c1ccc(-n2nc(-c3ccsc3)n[n+]2-c2ccccc2)cc1. The molecule has 4 nitrogen and oxygen atoms in total. The molecule has 0 fully saturated rings. The standard InChI is InChI=1S/C17H13N4S/c1-3-7-15(8-4-1)20-18-17(14-11-12-22-13-14)19-21(20)16-9-5-2-6-10-16/h1-13H/q+1. The van der Waals surface area contributed by atoms with E-state index in [0.29, 0.717) is 5.82 Å². The lowest BCUT2D eigenvalue weighted by atomic mass is 10.3. The lowest BCUT2D eigenvalue weighted by Gasteiger charge is -1.98. The van der Waals surface area contributed by atoms with Crippen LogP contribution in [0, 0.1) is 0 Å². The largest absolute Gasteiger partial charge is 0.340 e. The molecule has 0 saturated carbocycles. The molecule has 0 aliphatic carbocycles. The molecule has 2 aromatic carbocycles. The predicted octanol–water partition coefficient (Wildman–Crippen LogP) is 3.27. The predicted molar refractivity (Wildman–Crippen MR) is 86.2 cm³/mol. The molecule has 0 aliphatic rings. The number of aromatic nitrogens is 4. The Bertz CT molecular complexity index is 811. The molecular formula is C17H13N4S+. The molecule has 5 heteroatoms. The zero-order valence-corrected chi connectivity index (χ0v) is 12.5. The highest BCUT2D eigenvalue weighted by Gasteiger charge is 2.23. The number of thiophene rings is 1. The Morgan fingerprint density at radius 2 is 1.59 bits per heavy atom. The highest BCUT2D eigenvalue weighted by atomic mass is 32.1.